The summed E-state index contributed by atoms with van der Waals surface area (Å²) in [6.45, 7) is 0.559. The van der Waals surface area contributed by atoms with Gasteiger partial charge < -0.3 is 14.7 Å². The van der Waals surface area contributed by atoms with Gasteiger partial charge in [0, 0.05) is 11.9 Å². The number of aromatic nitrogens is 1. The van der Waals surface area contributed by atoms with Crippen LogP contribution in [0.25, 0.3) is 0 Å². The lowest BCUT2D eigenvalue weighted by molar-refractivity contribution is 0.485. The lowest BCUT2D eigenvalue weighted by Gasteiger charge is -2.21. The van der Waals surface area contributed by atoms with E-state index in [0.717, 1.165) is 11.5 Å². The molecule has 92 valence electrons. The van der Waals surface area contributed by atoms with Crippen molar-refractivity contribution in [1.82, 2.24) is 4.57 Å². The molecule has 0 aromatic carbocycles. The average Bonchev–Trinajstić information content (AvgIpc) is 2.87. The van der Waals surface area contributed by atoms with Crippen molar-refractivity contribution in [1.29, 1.82) is 0 Å². The second kappa shape index (κ2) is 4.94. The smallest absolute Gasteiger partial charge is 0.210 e. The van der Waals surface area contributed by atoms with E-state index >= 15 is 0 Å². The van der Waals surface area contributed by atoms with Gasteiger partial charge in [0.25, 0.3) is 0 Å². The maximum Gasteiger partial charge on any atom is 0.210 e. The summed E-state index contributed by atoms with van der Waals surface area (Å²) in [5.74, 6) is 0.818. The van der Waals surface area contributed by atoms with Crippen LogP contribution in [0, 0.1) is 0 Å². The summed E-state index contributed by atoms with van der Waals surface area (Å²) in [4.78, 5) is 0. The van der Waals surface area contributed by atoms with Crippen LogP contribution in [0.2, 0.25) is 0 Å². The molecule has 1 atom stereocenters. The molecule has 0 aliphatic rings. The molecule has 0 bridgehead atoms. The van der Waals surface area contributed by atoms with Crippen molar-refractivity contribution in [3.05, 3.63) is 48.2 Å². The molecule has 0 fully saturated rings. The molecule has 0 aliphatic carbocycles. The molecule has 6 heteroatoms. The van der Waals surface area contributed by atoms with Crippen LogP contribution >= 0.6 is 34.8 Å². The van der Waals surface area contributed by atoms with E-state index in [9.17, 15) is 0 Å². The number of nitrogens with two attached hydrogens (primary N) is 1. The van der Waals surface area contributed by atoms with Gasteiger partial charge in [-0.3, -0.25) is 0 Å². The fourth-order valence-corrected chi connectivity index (χ4v) is 1.93. The molecule has 2 N–H and O–H groups in total. The second-order valence-electron chi connectivity index (χ2n) is 3.66. The molecule has 2 aromatic rings. The van der Waals surface area contributed by atoms with E-state index in [1.165, 1.54) is 0 Å². The molecule has 1 unspecified atom stereocenters. The van der Waals surface area contributed by atoms with Crippen molar-refractivity contribution < 1.29 is 4.42 Å². The summed E-state index contributed by atoms with van der Waals surface area (Å²) < 4.78 is 5.63. The monoisotopic (exact) mass is 292 g/mol. The molecule has 0 spiro atoms. The molecule has 2 heterocycles. The zero-order valence-electron chi connectivity index (χ0n) is 8.82. The van der Waals surface area contributed by atoms with E-state index in [1.807, 2.05) is 35.0 Å². The molecule has 0 amide bonds. The van der Waals surface area contributed by atoms with Crippen molar-refractivity contribution in [2.24, 2.45) is 5.73 Å². The number of nitrogens with zero attached hydrogens (tertiary/aromatic N) is 1. The van der Waals surface area contributed by atoms with Gasteiger partial charge in [-0.25, -0.2) is 0 Å². The summed E-state index contributed by atoms with van der Waals surface area (Å²) in [6, 6.07) is 6.71. The summed E-state index contributed by atoms with van der Waals surface area (Å²) >= 11 is 17.4. The first kappa shape index (κ1) is 12.8. The van der Waals surface area contributed by atoms with Gasteiger partial charge in [0.05, 0.1) is 18.8 Å². The standard InChI is InChI=1S/C11H11Cl3N2O/c12-11(13,14)10(15)9-4-1-5-16(9)7-8-3-2-6-17-8/h1-6,10H,7,15H2. The van der Waals surface area contributed by atoms with Crippen molar-refractivity contribution >= 4 is 34.8 Å². The van der Waals surface area contributed by atoms with Gasteiger partial charge in [0.2, 0.25) is 3.79 Å². The Balaban J connectivity index is 2.23. The minimum Gasteiger partial charge on any atom is -0.467 e. The van der Waals surface area contributed by atoms with Gasteiger partial charge in [0.1, 0.15) is 5.76 Å². The van der Waals surface area contributed by atoms with Crippen LogP contribution in [0.1, 0.15) is 17.5 Å². The summed E-state index contributed by atoms with van der Waals surface area (Å²) in [7, 11) is 0. The number of furan rings is 1. The number of alkyl halides is 3. The molecule has 3 nitrogen and oxygen atoms in total. The van der Waals surface area contributed by atoms with E-state index < -0.39 is 9.83 Å². The Bertz CT molecular complexity index is 473. The highest BCUT2D eigenvalue weighted by atomic mass is 35.6. The first-order chi connectivity index (χ1) is 7.98. The van der Waals surface area contributed by atoms with E-state index in [1.54, 1.807) is 6.26 Å². The first-order valence-electron chi connectivity index (χ1n) is 4.98. The lowest BCUT2D eigenvalue weighted by atomic mass is 10.2. The number of hydrogen-bond acceptors (Lipinski definition) is 2. The Morgan fingerprint density at radius 3 is 2.65 bits per heavy atom. The van der Waals surface area contributed by atoms with E-state index in [4.69, 9.17) is 45.0 Å². The highest BCUT2D eigenvalue weighted by Crippen LogP contribution is 2.38. The van der Waals surface area contributed by atoms with Crippen LogP contribution in [0.5, 0.6) is 0 Å². The fraction of sp³-hybridized carbons (Fsp3) is 0.273. The van der Waals surface area contributed by atoms with Crippen LogP contribution in [0.3, 0.4) is 0 Å². The maximum atomic E-state index is 5.90. The SMILES string of the molecule is NC(c1cccn1Cc1ccco1)C(Cl)(Cl)Cl. The predicted octanol–water partition coefficient (Wildman–Crippen LogP) is 3.50. The Labute approximate surface area is 114 Å². The molecule has 2 rings (SSSR count). The normalized spacial score (nSPS) is 13.9. The maximum absolute atomic E-state index is 5.90. The molecule has 0 radical (unpaired) electrons. The van der Waals surface area contributed by atoms with Crippen LogP contribution in [0.4, 0.5) is 0 Å². The lowest BCUT2D eigenvalue weighted by Crippen LogP contribution is -2.28. The Hall–Kier alpha value is -0.610. The van der Waals surface area contributed by atoms with Crippen LogP contribution in [-0.2, 0) is 6.54 Å². The third kappa shape index (κ3) is 2.99. The van der Waals surface area contributed by atoms with Gasteiger partial charge in [-0.15, -0.1) is 0 Å². The molecule has 17 heavy (non-hydrogen) atoms. The Morgan fingerprint density at radius 1 is 1.29 bits per heavy atom. The topological polar surface area (TPSA) is 44.1 Å². The third-order valence-corrected chi connectivity index (χ3v) is 3.15. The van der Waals surface area contributed by atoms with Crippen molar-refractivity contribution in [3.63, 3.8) is 0 Å². The van der Waals surface area contributed by atoms with Crippen LogP contribution < -0.4 is 5.73 Å². The van der Waals surface area contributed by atoms with Crippen LogP contribution in [0.15, 0.2) is 41.1 Å². The Kier molecular flexibility index (Phi) is 3.73. The van der Waals surface area contributed by atoms with Gasteiger partial charge in [-0.2, -0.15) is 0 Å². The molecule has 2 aromatic heterocycles. The highest BCUT2D eigenvalue weighted by Gasteiger charge is 2.32. The highest BCUT2D eigenvalue weighted by molar-refractivity contribution is 6.68. The van der Waals surface area contributed by atoms with E-state index in [-0.39, 0.29) is 0 Å². The molecule has 0 aliphatic heterocycles. The average molecular weight is 294 g/mol. The number of rotatable bonds is 3. The number of hydrogen-bond donors (Lipinski definition) is 1. The first-order valence-corrected chi connectivity index (χ1v) is 6.11. The second-order valence-corrected chi connectivity index (χ2v) is 6.03. The predicted molar refractivity (Wildman–Crippen MR) is 69.5 cm³/mol. The molecule has 0 saturated heterocycles. The van der Waals surface area contributed by atoms with Gasteiger partial charge in [-0.05, 0) is 24.3 Å². The quantitative estimate of drug-likeness (QED) is 0.880. The molecular weight excluding hydrogens is 282 g/mol. The summed E-state index contributed by atoms with van der Waals surface area (Å²) in [5.41, 5.74) is 6.65. The van der Waals surface area contributed by atoms with Crippen molar-refractivity contribution in [3.8, 4) is 0 Å². The van der Waals surface area contributed by atoms with Gasteiger partial charge in [-0.1, -0.05) is 34.8 Å². The van der Waals surface area contributed by atoms with Gasteiger partial charge >= 0.3 is 0 Å². The minimum atomic E-state index is -1.53. The van der Waals surface area contributed by atoms with E-state index in [0.29, 0.717) is 6.54 Å². The molecular formula is C11H11Cl3N2O. The summed E-state index contributed by atoms with van der Waals surface area (Å²) in [6.07, 6.45) is 3.49. The van der Waals surface area contributed by atoms with Gasteiger partial charge in [0.15, 0.2) is 0 Å². The van der Waals surface area contributed by atoms with E-state index in [2.05, 4.69) is 0 Å². The zero-order chi connectivity index (χ0) is 12.5. The van der Waals surface area contributed by atoms with Crippen molar-refractivity contribution in [2.45, 2.75) is 16.4 Å². The number of halogens is 3. The largest absolute Gasteiger partial charge is 0.467 e. The zero-order valence-corrected chi connectivity index (χ0v) is 11.1. The minimum absolute atomic E-state index is 0.559. The Morgan fingerprint density at radius 2 is 2.06 bits per heavy atom. The molecule has 0 saturated carbocycles. The van der Waals surface area contributed by atoms with Crippen LogP contribution in [-0.4, -0.2) is 8.36 Å². The third-order valence-electron chi connectivity index (χ3n) is 2.44. The summed E-state index contributed by atoms with van der Waals surface area (Å²) in [5, 5.41) is 0. The van der Waals surface area contributed by atoms with Crippen molar-refractivity contribution in [2.75, 3.05) is 0 Å². The fourth-order valence-electron chi connectivity index (χ4n) is 1.59.